The van der Waals surface area contributed by atoms with Crippen LogP contribution >= 0.6 is 12.2 Å². The van der Waals surface area contributed by atoms with Crippen LogP contribution in [0.15, 0.2) is 4.99 Å². The summed E-state index contributed by atoms with van der Waals surface area (Å²) < 4.78 is 35.6. The van der Waals surface area contributed by atoms with Crippen molar-refractivity contribution in [1.29, 1.82) is 0 Å². The summed E-state index contributed by atoms with van der Waals surface area (Å²) in [5, 5.41) is 2.01. The van der Waals surface area contributed by atoms with E-state index in [0.29, 0.717) is 6.42 Å². The normalized spacial score (nSPS) is 19.2. The first-order valence-corrected chi connectivity index (χ1v) is 3.32. The lowest BCUT2D eigenvalue weighted by Gasteiger charge is -2.16. The summed E-state index contributed by atoms with van der Waals surface area (Å²) >= 11 is 4.56. The van der Waals surface area contributed by atoms with Crippen molar-refractivity contribution in [2.75, 3.05) is 6.54 Å². The van der Waals surface area contributed by atoms with Gasteiger partial charge in [-0.2, -0.15) is 13.2 Å². The first-order chi connectivity index (χ1) is 5.00. The molecule has 2 nitrogen and oxygen atoms in total. The Hall–Kier alpha value is -0.650. The fourth-order valence-electron chi connectivity index (χ4n) is 0.664. The third-order valence-electron chi connectivity index (χ3n) is 1.14. The Morgan fingerprint density at radius 3 is 2.45 bits per heavy atom. The molecule has 1 N–H and O–H groups in total. The number of halogens is 3. The molecule has 0 aromatic heterocycles. The van der Waals surface area contributed by atoms with Crippen molar-refractivity contribution < 1.29 is 13.2 Å². The van der Waals surface area contributed by atoms with E-state index in [9.17, 15) is 13.2 Å². The van der Waals surface area contributed by atoms with Gasteiger partial charge in [0.15, 0.2) is 0 Å². The van der Waals surface area contributed by atoms with Gasteiger partial charge in [-0.3, -0.25) is 4.99 Å². The van der Waals surface area contributed by atoms with E-state index in [1.807, 2.05) is 5.32 Å². The molecule has 1 aliphatic rings. The molecule has 0 fully saturated rings. The molecule has 0 saturated carbocycles. The van der Waals surface area contributed by atoms with Gasteiger partial charge < -0.3 is 5.32 Å². The van der Waals surface area contributed by atoms with Gasteiger partial charge in [0.2, 0.25) is 5.84 Å². The van der Waals surface area contributed by atoms with Crippen LogP contribution in [0, 0.1) is 0 Å². The summed E-state index contributed by atoms with van der Waals surface area (Å²) in [5.41, 5.74) is 0. The summed E-state index contributed by atoms with van der Waals surface area (Å²) in [6, 6.07) is 0. The van der Waals surface area contributed by atoms with E-state index in [-0.39, 0.29) is 11.5 Å². The molecule has 0 amide bonds. The van der Waals surface area contributed by atoms with Gasteiger partial charge in [0, 0.05) is 13.0 Å². The zero-order chi connectivity index (χ0) is 8.48. The van der Waals surface area contributed by atoms with Gasteiger partial charge >= 0.3 is 6.18 Å². The van der Waals surface area contributed by atoms with Crippen molar-refractivity contribution in [3.63, 3.8) is 0 Å². The van der Waals surface area contributed by atoms with Crippen LogP contribution in [0.2, 0.25) is 0 Å². The van der Waals surface area contributed by atoms with Crippen LogP contribution in [-0.2, 0) is 0 Å². The molecule has 0 aromatic carbocycles. The summed E-state index contributed by atoms with van der Waals surface area (Å²) in [7, 11) is 0. The van der Waals surface area contributed by atoms with Crippen molar-refractivity contribution >= 4 is 23.0 Å². The van der Waals surface area contributed by atoms with Crippen LogP contribution in [0.4, 0.5) is 13.2 Å². The number of hydrogen-bond donors (Lipinski definition) is 1. The Morgan fingerprint density at radius 1 is 1.45 bits per heavy atom. The molecule has 0 aliphatic carbocycles. The van der Waals surface area contributed by atoms with Crippen LogP contribution in [-0.4, -0.2) is 23.5 Å². The van der Waals surface area contributed by atoms with Crippen molar-refractivity contribution in [3.05, 3.63) is 0 Å². The fourth-order valence-corrected chi connectivity index (χ4v) is 0.852. The molecule has 0 aromatic rings. The number of amidine groups is 1. The van der Waals surface area contributed by atoms with Gasteiger partial charge in [-0.1, -0.05) is 12.2 Å². The molecule has 0 atom stereocenters. The van der Waals surface area contributed by atoms with E-state index in [1.165, 1.54) is 0 Å². The van der Waals surface area contributed by atoms with Crippen LogP contribution < -0.4 is 5.32 Å². The summed E-state index contributed by atoms with van der Waals surface area (Å²) in [6.45, 7) is 0.126. The second-order valence-electron chi connectivity index (χ2n) is 2.03. The lowest BCUT2D eigenvalue weighted by atomic mass is 10.3. The number of thiocarbonyl (C=S) groups is 1. The van der Waals surface area contributed by atoms with E-state index in [4.69, 9.17) is 0 Å². The largest absolute Gasteiger partial charge is 0.449 e. The Kier molecular flexibility index (Phi) is 2.12. The van der Waals surface area contributed by atoms with Crippen molar-refractivity contribution in [2.45, 2.75) is 12.6 Å². The highest BCUT2D eigenvalue weighted by Gasteiger charge is 2.37. The van der Waals surface area contributed by atoms with E-state index in [0.717, 1.165) is 0 Å². The third-order valence-corrected chi connectivity index (χ3v) is 1.44. The maximum Gasteiger partial charge on any atom is 0.449 e. The molecule has 1 rings (SSSR count). The second-order valence-corrected chi connectivity index (χ2v) is 2.52. The number of nitrogens with one attached hydrogen (secondary N) is 1. The maximum atomic E-state index is 11.9. The van der Waals surface area contributed by atoms with E-state index in [2.05, 4.69) is 17.2 Å². The molecule has 1 aliphatic heterocycles. The van der Waals surface area contributed by atoms with Gasteiger partial charge in [-0.25, -0.2) is 0 Å². The number of nitrogens with zero attached hydrogens (tertiary/aromatic N) is 1. The van der Waals surface area contributed by atoms with Crippen LogP contribution in [0.25, 0.3) is 0 Å². The van der Waals surface area contributed by atoms with Crippen LogP contribution in [0.1, 0.15) is 6.42 Å². The second kappa shape index (κ2) is 2.77. The Labute approximate surface area is 66.5 Å². The molecule has 11 heavy (non-hydrogen) atoms. The lowest BCUT2D eigenvalue weighted by molar-refractivity contribution is -0.0612. The monoisotopic (exact) mass is 182 g/mol. The zero-order valence-corrected chi connectivity index (χ0v) is 6.22. The van der Waals surface area contributed by atoms with E-state index in [1.54, 1.807) is 0 Å². The zero-order valence-electron chi connectivity index (χ0n) is 5.40. The average molecular weight is 182 g/mol. The molecule has 1 heterocycles. The standard InChI is InChI=1S/C5H5F3N2S/c6-5(7,8)4-9-2-1-3(11)10-4/h1-2H2,(H,9,10,11). The van der Waals surface area contributed by atoms with Crippen LogP contribution in [0.5, 0.6) is 0 Å². The molecule has 0 bridgehead atoms. The first kappa shape index (κ1) is 8.45. The highest BCUT2D eigenvalue weighted by atomic mass is 32.1. The Balaban J connectivity index is 2.73. The molecular formula is C5H5F3N2S. The maximum absolute atomic E-state index is 11.9. The number of alkyl halides is 3. The predicted molar refractivity (Wildman–Crippen MR) is 38.7 cm³/mol. The number of hydrogen-bond acceptors (Lipinski definition) is 2. The molecule has 6 heteroatoms. The molecule has 62 valence electrons. The average Bonchev–Trinajstić information content (AvgIpc) is 1.86. The topological polar surface area (TPSA) is 24.4 Å². The molecule has 0 spiro atoms. The number of aliphatic imine (C=N–C) groups is 1. The highest BCUT2D eigenvalue weighted by Crippen LogP contribution is 2.17. The minimum atomic E-state index is -4.40. The number of rotatable bonds is 0. The smallest absolute Gasteiger partial charge is 0.331 e. The van der Waals surface area contributed by atoms with Gasteiger partial charge in [0.1, 0.15) is 0 Å². The first-order valence-electron chi connectivity index (χ1n) is 2.91. The predicted octanol–water partition coefficient (Wildman–Crippen LogP) is 1.27. The lowest BCUT2D eigenvalue weighted by Crippen LogP contribution is -2.43. The summed E-state index contributed by atoms with van der Waals surface area (Å²) in [4.78, 5) is 3.45. The van der Waals surface area contributed by atoms with Crippen molar-refractivity contribution in [3.8, 4) is 0 Å². The minimum Gasteiger partial charge on any atom is -0.331 e. The van der Waals surface area contributed by atoms with Crippen molar-refractivity contribution in [2.24, 2.45) is 4.99 Å². The molecular weight excluding hydrogens is 177 g/mol. The SMILES string of the molecule is FC(F)(F)C1=NCCC(=S)N1. The van der Waals surface area contributed by atoms with E-state index < -0.39 is 12.0 Å². The Morgan fingerprint density at radius 2 is 2.09 bits per heavy atom. The van der Waals surface area contributed by atoms with Gasteiger partial charge in [-0.15, -0.1) is 0 Å². The van der Waals surface area contributed by atoms with Crippen molar-refractivity contribution in [1.82, 2.24) is 5.32 Å². The van der Waals surface area contributed by atoms with E-state index >= 15 is 0 Å². The Bertz CT molecular complexity index is 208. The van der Waals surface area contributed by atoms with Gasteiger partial charge in [0.05, 0.1) is 4.99 Å². The quantitative estimate of drug-likeness (QED) is 0.570. The summed E-state index contributed by atoms with van der Waals surface area (Å²) in [6.07, 6.45) is -4.00. The minimum absolute atomic E-state index is 0.126. The third kappa shape index (κ3) is 2.14. The van der Waals surface area contributed by atoms with Gasteiger partial charge in [0.25, 0.3) is 0 Å². The highest BCUT2D eigenvalue weighted by molar-refractivity contribution is 7.80. The van der Waals surface area contributed by atoms with Crippen LogP contribution in [0.3, 0.4) is 0 Å². The molecule has 0 radical (unpaired) electrons. The molecule has 0 unspecified atom stereocenters. The van der Waals surface area contributed by atoms with Gasteiger partial charge in [-0.05, 0) is 0 Å². The fraction of sp³-hybridized carbons (Fsp3) is 0.600. The summed E-state index contributed by atoms with van der Waals surface area (Å²) in [5.74, 6) is -0.978. The molecule has 0 saturated heterocycles.